The number of hydrogen-bond acceptors (Lipinski definition) is 4. The van der Waals surface area contributed by atoms with Crippen molar-refractivity contribution in [1.82, 2.24) is 10.2 Å². The van der Waals surface area contributed by atoms with Gasteiger partial charge in [-0.3, -0.25) is 18.9 Å². The predicted molar refractivity (Wildman–Crippen MR) is 161 cm³/mol. The summed E-state index contributed by atoms with van der Waals surface area (Å²) in [7, 11) is -5.69. The number of anilines is 1. The molecule has 230 valence electrons. The van der Waals surface area contributed by atoms with Gasteiger partial charge in [-0.2, -0.15) is 8.78 Å². The minimum absolute atomic E-state index is 0.0964. The minimum Gasteiger partial charge on any atom is -0.341 e. The van der Waals surface area contributed by atoms with Gasteiger partial charge in [0.1, 0.15) is 12.1 Å². The Hall–Kier alpha value is -4.18. The molecule has 4 N–H and O–H groups in total. The Morgan fingerprint density at radius 1 is 0.886 bits per heavy atom. The highest BCUT2D eigenvalue weighted by Gasteiger charge is 2.50. The maximum absolute atomic E-state index is 13.9. The summed E-state index contributed by atoms with van der Waals surface area (Å²) in [4.78, 5) is 59.0. The van der Waals surface area contributed by atoms with Crippen LogP contribution >= 0.6 is 7.60 Å². The molecule has 3 aromatic carbocycles. The number of nitrogens with zero attached hydrogens (tertiary/aromatic N) is 1. The van der Waals surface area contributed by atoms with Gasteiger partial charge in [0.2, 0.25) is 17.7 Å². The van der Waals surface area contributed by atoms with E-state index in [0.29, 0.717) is 36.9 Å². The molecule has 3 aromatic rings. The van der Waals surface area contributed by atoms with E-state index in [4.69, 9.17) is 9.79 Å². The first-order valence-corrected chi connectivity index (χ1v) is 15.9. The average molecular weight is 624 g/mol. The van der Waals surface area contributed by atoms with Crippen molar-refractivity contribution in [2.45, 2.75) is 55.9 Å². The van der Waals surface area contributed by atoms with Crippen LogP contribution in [0.2, 0.25) is 0 Å². The summed E-state index contributed by atoms with van der Waals surface area (Å²) in [6, 6.07) is 19.9. The third-order valence-electron chi connectivity index (χ3n) is 8.01. The van der Waals surface area contributed by atoms with Crippen LogP contribution in [0.5, 0.6) is 0 Å². The number of benzene rings is 3. The second-order valence-corrected chi connectivity index (χ2v) is 12.6. The first-order chi connectivity index (χ1) is 20.9. The van der Waals surface area contributed by atoms with Gasteiger partial charge in [-0.15, -0.1) is 0 Å². The van der Waals surface area contributed by atoms with Crippen molar-refractivity contribution in [3.8, 4) is 11.1 Å². The maximum Gasteiger partial charge on any atom is 0.399 e. The van der Waals surface area contributed by atoms with Crippen LogP contribution in [0.4, 0.5) is 14.5 Å². The maximum atomic E-state index is 13.9. The Morgan fingerprint density at radius 3 is 2.20 bits per heavy atom. The lowest BCUT2D eigenvalue weighted by molar-refractivity contribution is -0.141. The number of nitrogens with one attached hydrogen (secondary N) is 2. The van der Waals surface area contributed by atoms with E-state index in [-0.39, 0.29) is 17.9 Å². The Morgan fingerprint density at radius 2 is 1.55 bits per heavy atom. The van der Waals surface area contributed by atoms with Crippen molar-refractivity contribution in [2.75, 3.05) is 5.32 Å². The van der Waals surface area contributed by atoms with Crippen molar-refractivity contribution >= 4 is 37.1 Å². The molecule has 2 heterocycles. The smallest absolute Gasteiger partial charge is 0.341 e. The number of alkyl halides is 2. The van der Waals surface area contributed by atoms with Crippen LogP contribution in [0.25, 0.3) is 17.2 Å². The molecular formula is C32H32F2N3O6P. The zero-order valence-corrected chi connectivity index (χ0v) is 24.5. The van der Waals surface area contributed by atoms with Crippen LogP contribution in [-0.2, 0) is 24.6 Å². The number of amides is 3. The van der Waals surface area contributed by atoms with Gasteiger partial charge in [-0.05, 0) is 67.0 Å². The standard InChI is InChI=1S/C32H32F2N3O6P/c33-32(34,44(41,42)43)24-14-9-21(10-15-24)11-20-29(38)36-27-8-4-7-26-18-19-28(37(26)31(27)40)30(39)35-25-16-12-23(13-17-25)22-5-2-1-3-6-22/h1-3,5-6,9-17,20,26-28H,4,7-8,18-19H2,(H,35,39)(H,36,38)(H2,41,42,43)/b20-11+/t26-,27-,28-/m0/s1. The van der Waals surface area contributed by atoms with E-state index < -0.39 is 36.8 Å². The molecule has 9 nitrogen and oxygen atoms in total. The quantitative estimate of drug-likeness (QED) is 0.200. The lowest BCUT2D eigenvalue weighted by Gasteiger charge is -2.30. The number of fused-ring (bicyclic) bond motifs is 1. The van der Waals surface area contributed by atoms with Gasteiger partial charge < -0.3 is 25.3 Å². The van der Waals surface area contributed by atoms with E-state index in [1.54, 1.807) is 4.90 Å². The van der Waals surface area contributed by atoms with Crippen molar-refractivity contribution in [1.29, 1.82) is 0 Å². The number of hydrogen-bond donors (Lipinski definition) is 4. The van der Waals surface area contributed by atoms with Crippen LogP contribution in [0.15, 0.2) is 84.9 Å². The topological polar surface area (TPSA) is 136 Å². The zero-order valence-electron chi connectivity index (χ0n) is 23.6. The molecule has 3 amide bonds. The molecule has 12 heteroatoms. The fourth-order valence-corrected chi connectivity index (χ4v) is 6.19. The van der Waals surface area contributed by atoms with E-state index in [2.05, 4.69) is 10.6 Å². The number of rotatable bonds is 8. The predicted octanol–water partition coefficient (Wildman–Crippen LogP) is 5.26. The Bertz CT molecular complexity index is 1590. The van der Waals surface area contributed by atoms with Crippen LogP contribution in [0.1, 0.15) is 43.2 Å². The SMILES string of the molecule is O=C(/C=C/c1ccc(C(F)(F)P(=O)(O)O)cc1)N[C@H]1CCC[C@H]2CC[C@@H](C(=O)Nc3ccc(-c4ccccc4)cc3)N2C1=O. The van der Waals surface area contributed by atoms with Gasteiger partial charge in [-0.1, -0.05) is 66.7 Å². The molecule has 44 heavy (non-hydrogen) atoms. The van der Waals surface area contributed by atoms with E-state index in [9.17, 15) is 27.7 Å². The van der Waals surface area contributed by atoms with Gasteiger partial charge in [0.15, 0.2) is 0 Å². The van der Waals surface area contributed by atoms with Crippen LogP contribution < -0.4 is 10.6 Å². The highest BCUT2D eigenvalue weighted by molar-refractivity contribution is 7.52. The third-order valence-corrected chi connectivity index (χ3v) is 9.00. The Kier molecular flexibility index (Phi) is 9.10. The third kappa shape index (κ3) is 6.80. The zero-order chi connectivity index (χ0) is 31.5. The molecule has 0 radical (unpaired) electrons. The summed E-state index contributed by atoms with van der Waals surface area (Å²) in [5.41, 5.74) is -2.15. The number of halogens is 2. The largest absolute Gasteiger partial charge is 0.399 e. The molecular weight excluding hydrogens is 591 g/mol. The number of carbonyl (C=O) groups is 3. The molecule has 0 aliphatic carbocycles. The van der Waals surface area contributed by atoms with Crippen LogP contribution in [0.3, 0.4) is 0 Å². The second-order valence-electron chi connectivity index (χ2n) is 11.0. The molecule has 0 aromatic heterocycles. The molecule has 5 rings (SSSR count). The Balaban J connectivity index is 1.21. The fourth-order valence-electron chi connectivity index (χ4n) is 5.71. The fraction of sp³-hybridized carbons (Fsp3) is 0.281. The molecule has 2 fully saturated rings. The van der Waals surface area contributed by atoms with Crippen molar-refractivity contribution in [2.24, 2.45) is 0 Å². The summed E-state index contributed by atoms with van der Waals surface area (Å²) in [6.07, 6.45) is 5.51. The average Bonchev–Trinajstić information content (AvgIpc) is 3.37. The summed E-state index contributed by atoms with van der Waals surface area (Å²) < 4.78 is 38.9. The molecule has 2 saturated heterocycles. The van der Waals surface area contributed by atoms with Gasteiger partial charge in [0.25, 0.3) is 0 Å². The lowest BCUT2D eigenvalue weighted by Crippen LogP contribution is -2.53. The number of carbonyl (C=O) groups excluding carboxylic acids is 3. The van der Waals surface area contributed by atoms with Crippen LogP contribution in [0, 0.1) is 0 Å². The van der Waals surface area contributed by atoms with E-state index in [1.807, 2.05) is 54.6 Å². The van der Waals surface area contributed by atoms with Crippen LogP contribution in [-0.4, -0.2) is 50.5 Å². The summed E-state index contributed by atoms with van der Waals surface area (Å²) in [6.45, 7) is 0. The highest BCUT2D eigenvalue weighted by Crippen LogP contribution is 2.59. The normalized spacial score (nSPS) is 20.7. The van der Waals surface area contributed by atoms with Gasteiger partial charge in [-0.25, -0.2) is 0 Å². The van der Waals surface area contributed by atoms with Gasteiger partial charge >= 0.3 is 13.3 Å². The van der Waals surface area contributed by atoms with Gasteiger partial charge in [0.05, 0.1) is 0 Å². The monoisotopic (exact) mass is 623 g/mol. The molecule has 3 atom stereocenters. The van der Waals surface area contributed by atoms with Gasteiger partial charge in [0, 0.05) is 23.4 Å². The summed E-state index contributed by atoms with van der Waals surface area (Å²) in [5.74, 6) is -1.19. The second kappa shape index (κ2) is 12.8. The van der Waals surface area contributed by atoms with E-state index >= 15 is 0 Å². The molecule has 0 saturated carbocycles. The van der Waals surface area contributed by atoms with Crippen molar-refractivity contribution in [3.05, 3.63) is 96.1 Å². The molecule has 2 aliphatic rings. The van der Waals surface area contributed by atoms with E-state index in [0.717, 1.165) is 35.8 Å². The molecule has 0 spiro atoms. The first-order valence-electron chi connectivity index (χ1n) is 14.2. The highest BCUT2D eigenvalue weighted by atomic mass is 31.2. The minimum atomic E-state index is -5.69. The van der Waals surface area contributed by atoms with Crippen molar-refractivity contribution in [3.63, 3.8) is 0 Å². The summed E-state index contributed by atoms with van der Waals surface area (Å²) >= 11 is 0. The molecule has 0 unspecified atom stereocenters. The Labute approximate surface area is 253 Å². The lowest BCUT2D eigenvalue weighted by atomic mass is 10.0. The van der Waals surface area contributed by atoms with Crippen molar-refractivity contribution < 1.29 is 37.5 Å². The molecule has 0 bridgehead atoms. The first kappa shape index (κ1) is 31.3. The summed E-state index contributed by atoms with van der Waals surface area (Å²) in [5, 5.41) is 5.64. The van der Waals surface area contributed by atoms with E-state index in [1.165, 1.54) is 18.2 Å². The molecule has 2 aliphatic heterocycles.